The molecule has 0 radical (unpaired) electrons. The largest absolute Gasteiger partial charge is 0.478 e. The maximum absolute atomic E-state index is 14.1. The Morgan fingerprint density at radius 2 is 2.17 bits per heavy atom. The standard InChI is InChI=1S/C17H22FNO4/c1-23-9-7-12-4-2-3-8-19(11-12)16(20)14-6-5-13(17(21)22)10-15(14)18/h5-6,10,12H,2-4,7-9,11H2,1H3,(H,21,22). The third-order valence-electron chi connectivity index (χ3n) is 4.23. The molecule has 0 aromatic heterocycles. The second kappa shape index (κ2) is 8.06. The van der Waals surface area contributed by atoms with Crippen molar-refractivity contribution in [1.29, 1.82) is 0 Å². The predicted octanol–water partition coefficient (Wildman–Crippen LogP) is 2.80. The number of hydrogen-bond acceptors (Lipinski definition) is 3. The summed E-state index contributed by atoms with van der Waals surface area (Å²) in [6.07, 6.45) is 3.84. The van der Waals surface area contributed by atoms with Crippen LogP contribution in [0.3, 0.4) is 0 Å². The predicted molar refractivity (Wildman–Crippen MR) is 83.1 cm³/mol. The molecule has 1 saturated heterocycles. The van der Waals surface area contributed by atoms with Crippen molar-refractivity contribution in [3.8, 4) is 0 Å². The van der Waals surface area contributed by atoms with Crippen molar-refractivity contribution in [2.24, 2.45) is 5.92 Å². The first-order valence-electron chi connectivity index (χ1n) is 7.84. The molecule has 1 fully saturated rings. The van der Waals surface area contributed by atoms with E-state index < -0.39 is 11.8 Å². The van der Waals surface area contributed by atoms with Crippen LogP contribution >= 0.6 is 0 Å². The van der Waals surface area contributed by atoms with Crippen molar-refractivity contribution in [2.75, 3.05) is 26.8 Å². The van der Waals surface area contributed by atoms with Crippen LogP contribution < -0.4 is 0 Å². The number of carbonyl (C=O) groups is 2. The van der Waals surface area contributed by atoms with Crippen LogP contribution in [0.4, 0.5) is 4.39 Å². The maximum atomic E-state index is 14.1. The molecule has 1 atom stereocenters. The molecule has 1 aromatic carbocycles. The van der Waals surface area contributed by atoms with Crippen LogP contribution in [0.25, 0.3) is 0 Å². The van der Waals surface area contributed by atoms with Crippen molar-refractivity contribution < 1.29 is 23.8 Å². The minimum Gasteiger partial charge on any atom is -0.478 e. The van der Waals surface area contributed by atoms with Crippen LogP contribution in [0.2, 0.25) is 0 Å². The van der Waals surface area contributed by atoms with E-state index in [4.69, 9.17) is 9.84 Å². The number of rotatable bonds is 5. The summed E-state index contributed by atoms with van der Waals surface area (Å²) in [4.78, 5) is 25.1. The first kappa shape index (κ1) is 17.4. The molecule has 5 nitrogen and oxygen atoms in total. The zero-order valence-electron chi connectivity index (χ0n) is 13.3. The Balaban J connectivity index is 2.13. The van der Waals surface area contributed by atoms with E-state index >= 15 is 0 Å². The molecule has 0 saturated carbocycles. The highest BCUT2D eigenvalue weighted by Gasteiger charge is 2.25. The van der Waals surface area contributed by atoms with Gasteiger partial charge in [0.25, 0.3) is 5.91 Å². The minimum atomic E-state index is -1.21. The van der Waals surface area contributed by atoms with Crippen molar-refractivity contribution in [3.05, 3.63) is 35.1 Å². The summed E-state index contributed by atoms with van der Waals surface area (Å²) in [6.45, 7) is 1.83. The number of aromatic carboxylic acids is 1. The SMILES string of the molecule is COCCC1CCCCN(C(=O)c2ccc(C(=O)O)cc2F)C1. The molecule has 0 bridgehead atoms. The van der Waals surface area contributed by atoms with Gasteiger partial charge in [0.15, 0.2) is 0 Å². The average molecular weight is 323 g/mol. The van der Waals surface area contributed by atoms with Crippen LogP contribution in [0, 0.1) is 11.7 Å². The molecule has 0 aliphatic carbocycles. The second-order valence-electron chi connectivity index (χ2n) is 5.89. The van der Waals surface area contributed by atoms with Gasteiger partial charge < -0.3 is 14.7 Å². The zero-order chi connectivity index (χ0) is 16.8. The van der Waals surface area contributed by atoms with E-state index in [-0.39, 0.29) is 17.0 Å². The monoisotopic (exact) mass is 323 g/mol. The Bertz CT molecular complexity index is 576. The fraction of sp³-hybridized carbons (Fsp3) is 0.529. The lowest BCUT2D eigenvalue weighted by molar-refractivity contribution is 0.0690. The zero-order valence-corrected chi connectivity index (χ0v) is 13.3. The van der Waals surface area contributed by atoms with Gasteiger partial charge in [-0.05, 0) is 43.4 Å². The highest BCUT2D eigenvalue weighted by Crippen LogP contribution is 2.22. The number of amides is 1. The summed E-state index contributed by atoms with van der Waals surface area (Å²) in [5, 5.41) is 8.87. The third kappa shape index (κ3) is 4.51. The maximum Gasteiger partial charge on any atom is 0.335 e. The van der Waals surface area contributed by atoms with Gasteiger partial charge in [0.1, 0.15) is 5.82 Å². The Labute approximate surface area is 135 Å². The Morgan fingerprint density at radius 3 is 2.83 bits per heavy atom. The molecule has 6 heteroatoms. The number of carbonyl (C=O) groups excluding carboxylic acids is 1. The lowest BCUT2D eigenvalue weighted by Gasteiger charge is -2.24. The van der Waals surface area contributed by atoms with E-state index in [1.165, 1.54) is 12.1 Å². The lowest BCUT2D eigenvalue weighted by Crippen LogP contribution is -2.35. The molecule has 1 aliphatic rings. The van der Waals surface area contributed by atoms with Gasteiger partial charge in [0, 0.05) is 26.8 Å². The van der Waals surface area contributed by atoms with Crippen LogP contribution in [0.5, 0.6) is 0 Å². The first-order chi connectivity index (χ1) is 11.0. The number of methoxy groups -OCH3 is 1. The van der Waals surface area contributed by atoms with Crippen molar-refractivity contribution >= 4 is 11.9 Å². The summed E-state index contributed by atoms with van der Waals surface area (Å²) >= 11 is 0. The number of benzene rings is 1. The van der Waals surface area contributed by atoms with Gasteiger partial charge in [0.05, 0.1) is 11.1 Å². The van der Waals surface area contributed by atoms with Gasteiger partial charge in [-0.25, -0.2) is 9.18 Å². The number of nitrogens with zero attached hydrogens (tertiary/aromatic N) is 1. The minimum absolute atomic E-state index is 0.0672. The molecule has 126 valence electrons. The molecule has 1 aliphatic heterocycles. The van der Waals surface area contributed by atoms with Crippen LogP contribution in [-0.4, -0.2) is 48.7 Å². The smallest absolute Gasteiger partial charge is 0.335 e. The Kier molecular flexibility index (Phi) is 6.10. The van der Waals surface area contributed by atoms with Gasteiger partial charge in [-0.1, -0.05) is 6.42 Å². The summed E-state index contributed by atoms with van der Waals surface area (Å²) in [6, 6.07) is 3.42. The number of halogens is 1. The van der Waals surface area contributed by atoms with E-state index in [2.05, 4.69) is 0 Å². The van der Waals surface area contributed by atoms with Crippen LogP contribution in [-0.2, 0) is 4.74 Å². The number of hydrogen-bond donors (Lipinski definition) is 1. The molecular formula is C17H22FNO4. The molecule has 1 unspecified atom stereocenters. The van der Waals surface area contributed by atoms with E-state index in [1.54, 1.807) is 12.0 Å². The molecular weight excluding hydrogens is 301 g/mol. The van der Waals surface area contributed by atoms with Crippen molar-refractivity contribution in [2.45, 2.75) is 25.7 Å². The second-order valence-corrected chi connectivity index (χ2v) is 5.89. The molecule has 0 spiro atoms. The van der Waals surface area contributed by atoms with E-state index in [0.717, 1.165) is 31.7 Å². The fourth-order valence-electron chi connectivity index (χ4n) is 2.93. The summed E-state index contributed by atoms with van der Waals surface area (Å²) in [5.74, 6) is -2.02. The molecule has 1 aromatic rings. The van der Waals surface area contributed by atoms with Crippen molar-refractivity contribution in [3.63, 3.8) is 0 Å². The van der Waals surface area contributed by atoms with E-state index in [9.17, 15) is 14.0 Å². The Hall–Kier alpha value is -1.95. The lowest BCUT2D eigenvalue weighted by atomic mass is 10.00. The molecule has 1 N–H and O–H groups in total. The van der Waals surface area contributed by atoms with Gasteiger partial charge in [-0.3, -0.25) is 4.79 Å². The van der Waals surface area contributed by atoms with Gasteiger partial charge in [0.2, 0.25) is 0 Å². The van der Waals surface area contributed by atoms with Gasteiger partial charge in [-0.15, -0.1) is 0 Å². The molecule has 23 heavy (non-hydrogen) atoms. The molecule has 2 rings (SSSR count). The van der Waals surface area contributed by atoms with Gasteiger partial charge >= 0.3 is 5.97 Å². The average Bonchev–Trinajstić information content (AvgIpc) is 2.77. The fourth-order valence-corrected chi connectivity index (χ4v) is 2.93. The van der Waals surface area contributed by atoms with E-state index in [0.29, 0.717) is 25.6 Å². The quantitative estimate of drug-likeness (QED) is 0.905. The normalized spacial score (nSPS) is 18.5. The Morgan fingerprint density at radius 1 is 1.39 bits per heavy atom. The highest BCUT2D eigenvalue weighted by molar-refractivity contribution is 5.96. The van der Waals surface area contributed by atoms with Crippen LogP contribution in [0.15, 0.2) is 18.2 Å². The van der Waals surface area contributed by atoms with E-state index in [1.807, 2.05) is 0 Å². The van der Waals surface area contributed by atoms with Gasteiger partial charge in [-0.2, -0.15) is 0 Å². The summed E-state index contributed by atoms with van der Waals surface area (Å²) < 4.78 is 19.2. The first-order valence-corrected chi connectivity index (χ1v) is 7.84. The summed E-state index contributed by atoms with van der Waals surface area (Å²) in [5.41, 5.74) is -0.227. The number of ether oxygens (including phenoxy) is 1. The van der Waals surface area contributed by atoms with Crippen LogP contribution in [0.1, 0.15) is 46.4 Å². The highest BCUT2D eigenvalue weighted by atomic mass is 19.1. The molecule has 1 amide bonds. The number of likely N-dealkylation sites (tertiary alicyclic amines) is 1. The topological polar surface area (TPSA) is 66.8 Å². The third-order valence-corrected chi connectivity index (χ3v) is 4.23. The molecule has 1 heterocycles. The number of carboxylic acids is 1. The van der Waals surface area contributed by atoms with Crippen molar-refractivity contribution in [1.82, 2.24) is 4.90 Å². The number of carboxylic acid groups (broad SMARTS) is 1. The summed E-state index contributed by atoms with van der Waals surface area (Å²) in [7, 11) is 1.65.